The van der Waals surface area contributed by atoms with Crippen LogP contribution in [0.1, 0.15) is 10.4 Å². The largest absolute Gasteiger partial charge is 0.486 e. The Morgan fingerprint density at radius 3 is 2.27 bits per heavy atom. The molecule has 3 aromatic rings. The second-order valence-electron chi connectivity index (χ2n) is 6.15. The maximum Gasteiger partial charge on any atom is 0.251 e. The number of para-hydroxylation sites is 2. The maximum atomic E-state index is 12.4. The Hall–Kier alpha value is -3.27. The smallest absolute Gasteiger partial charge is 0.251 e. The highest BCUT2D eigenvalue weighted by molar-refractivity contribution is 5.94. The van der Waals surface area contributed by atoms with Crippen LogP contribution in [0.3, 0.4) is 0 Å². The number of nitrogens with one attached hydrogen (secondary N) is 1. The number of ether oxygens (including phenoxy) is 2. The van der Waals surface area contributed by atoms with E-state index >= 15 is 0 Å². The summed E-state index contributed by atoms with van der Waals surface area (Å²) < 4.78 is 11.5. The number of hydrogen-bond donors (Lipinski definition) is 1. The lowest BCUT2D eigenvalue weighted by molar-refractivity contribution is 0.0789. The van der Waals surface area contributed by atoms with Crippen LogP contribution >= 0.6 is 0 Å². The Morgan fingerprint density at radius 2 is 1.50 bits per heavy atom. The van der Waals surface area contributed by atoms with Crippen LogP contribution < -0.4 is 14.8 Å². The van der Waals surface area contributed by atoms with Gasteiger partial charge in [-0.25, -0.2) is 0 Å². The first-order chi connectivity index (χ1) is 12.8. The SMILES string of the molecule is O=C(NC[C@@H]1COc2ccccc2O1)c1ccc(-c2ccccc2)cc1. The third-order valence-electron chi connectivity index (χ3n) is 4.31. The van der Waals surface area contributed by atoms with Crippen LogP contribution in [-0.4, -0.2) is 25.2 Å². The minimum Gasteiger partial charge on any atom is -0.486 e. The maximum absolute atomic E-state index is 12.4. The highest BCUT2D eigenvalue weighted by atomic mass is 16.6. The minimum absolute atomic E-state index is 0.118. The summed E-state index contributed by atoms with van der Waals surface area (Å²) in [5.41, 5.74) is 2.84. The first kappa shape index (κ1) is 16.2. The number of carbonyl (C=O) groups excluding carboxylic acids is 1. The van der Waals surface area contributed by atoms with Crippen molar-refractivity contribution in [2.45, 2.75) is 6.10 Å². The minimum atomic E-state index is -0.197. The summed E-state index contributed by atoms with van der Waals surface area (Å²) in [6.07, 6.45) is -0.197. The van der Waals surface area contributed by atoms with Gasteiger partial charge in [-0.3, -0.25) is 4.79 Å². The van der Waals surface area contributed by atoms with Gasteiger partial charge in [-0.15, -0.1) is 0 Å². The van der Waals surface area contributed by atoms with Crippen molar-refractivity contribution in [2.75, 3.05) is 13.2 Å². The van der Waals surface area contributed by atoms with Crippen LogP contribution in [0.5, 0.6) is 11.5 Å². The van der Waals surface area contributed by atoms with Gasteiger partial charge in [0.15, 0.2) is 11.5 Å². The molecule has 26 heavy (non-hydrogen) atoms. The van der Waals surface area contributed by atoms with E-state index in [4.69, 9.17) is 9.47 Å². The van der Waals surface area contributed by atoms with E-state index in [2.05, 4.69) is 5.32 Å². The topological polar surface area (TPSA) is 47.6 Å². The third-order valence-corrected chi connectivity index (χ3v) is 4.31. The number of amides is 1. The van der Waals surface area contributed by atoms with Crippen molar-refractivity contribution in [2.24, 2.45) is 0 Å². The molecule has 4 nitrogen and oxygen atoms in total. The Bertz CT molecular complexity index is 891. The zero-order valence-electron chi connectivity index (χ0n) is 14.2. The van der Waals surface area contributed by atoms with E-state index in [1.165, 1.54) is 0 Å². The van der Waals surface area contributed by atoms with Crippen molar-refractivity contribution in [1.29, 1.82) is 0 Å². The Morgan fingerprint density at radius 1 is 0.846 bits per heavy atom. The molecule has 0 aliphatic carbocycles. The molecule has 0 radical (unpaired) electrons. The zero-order chi connectivity index (χ0) is 17.8. The van der Waals surface area contributed by atoms with E-state index in [0.717, 1.165) is 16.9 Å². The molecule has 130 valence electrons. The average molecular weight is 345 g/mol. The standard InChI is InChI=1S/C22H19NO3/c24-22(18-12-10-17(11-13-18)16-6-2-1-3-7-16)23-14-19-15-25-20-8-4-5-9-21(20)26-19/h1-13,19H,14-15H2,(H,23,24)/t19-/m1/s1. The van der Waals surface area contributed by atoms with Crippen LogP contribution in [0.2, 0.25) is 0 Å². The second kappa shape index (κ2) is 7.31. The van der Waals surface area contributed by atoms with Gasteiger partial charge in [0.2, 0.25) is 0 Å². The molecule has 1 aliphatic rings. The van der Waals surface area contributed by atoms with Gasteiger partial charge in [0.05, 0.1) is 6.54 Å². The monoisotopic (exact) mass is 345 g/mol. The molecule has 3 aromatic carbocycles. The van der Waals surface area contributed by atoms with Crippen molar-refractivity contribution in [1.82, 2.24) is 5.32 Å². The number of rotatable bonds is 4. The van der Waals surface area contributed by atoms with Crippen LogP contribution in [-0.2, 0) is 0 Å². The molecular formula is C22H19NO3. The summed E-state index contributed by atoms with van der Waals surface area (Å²) in [4.78, 5) is 12.4. The lowest BCUT2D eigenvalue weighted by Crippen LogP contribution is -2.40. The molecule has 0 fully saturated rings. The summed E-state index contributed by atoms with van der Waals surface area (Å²) in [6, 6.07) is 25.2. The zero-order valence-corrected chi connectivity index (χ0v) is 14.2. The molecule has 4 rings (SSSR count). The lowest BCUT2D eigenvalue weighted by atomic mass is 10.0. The normalized spacial score (nSPS) is 15.3. The summed E-state index contributed by atoms with van der Waals surface area (Å²) in [5.74, 6) is 1.34. The van der Waals surface area contributed by atoms with E-state index in [0.29, 0.717) is 24.5 Å². The highest BCUT2D eigenvalue weighted by Crippen LogP contribution is 2.30. The van der Waals surface area contributed by atoms with Crippen molar-refractivity contribution in [3.05, 3.63) is 84.4 Å². The quantitative estimate of drug-likeness (QED) is 0.779. The molecule has 0 bridgehead atoms. The number of hydrogen-bond acceptors (Lipinski definition) is 3. The molecule has 1 heterocycles. The van der Waals surface area contributed by atoms with Crippen LogP contribution in [0, 0.1) is 0 Å². The first-order valence-corrected chi connectivity index (χ1v) is 8.62. The van der Waals surface area contributed by atoms with E-state index in [9.17, 15) is 4.79 Å². The molecule has 1 aliphatic heterocycles. The average Bonchev–Trinajstić information content (AvgIpc) is 2.72. The molecule has 1 amide bonds. The summed E-state index contributed by atoms with van der Waals surface area (Å²) >= 11 is 0. The van der Waals surface area contributed by atoms with Gasteiger partial charge in [0.1, 0.15) is 12.7 Å². The second-order valence-corrected chi connectivity index (χ2v) is 6.15. The predicted molar refractivity (Wildman–Crippen MR) is 101 cm³/mol. The summed E-state index contributed by atoms with van der Waals surface area (Å²) in [5, 5.41) is 2.91. The fourth-order valence-corrected chi connectivity index (χ4v) is 2.92. The van der Waals surface area contributed by atoms with Gasteiger partial charge in [-0.2, -0.15) is 0 Å². The summed E-state index contributed by atoms with van der Waals surface area (Å²) in [7, 11) is 0. The van der Waals surface area contributed by atoms with Gasteiger partial charge in [0.25, 0.3) is 5.91 Å². The molecular weight excluding hydrogens is 326 g/mol. The van der Waals surface area contributed by atoms with E-state index in [-0.39, 0.29) is 12.0 Å². The van der Waals surface area contributed by atoms with Crippen LogP contribution in [0.4, 0.5) is 0 Å². The molecule has 0 spiro atoms. The number of benzene rings is 3. The van der Waals surface area contributed by atoms with Crippen molar-refractivity contribution in [3.63, 3.8) is 0 Å². The van der Waals surface area contributed by atoms with Crippen molar-refractivity contribution < 1.29 is 14.3 Å². The number of carbonyl (C=O) groups is 1. The fourth-order valence-electron chi connectivity index (χ4n) is 2.92. The molecule has 0 aromatic heterocycles. The third kappa shape index (κ3) is 3.54. The predicted octanol–water partition coefficient (Wildman–Crippen LogP) is 3.92. The van der Waals surface area contributed by atoms with Gasteiger partial charge in [-0.05, 0) is 35.4 Å². The molecule has 4 heteroatoms. The van der Waals surface area contributed by atoms with Crippen LogP contribution in [0.25, 0.3) is 11.1 Å². The van der Waals surface area contributed by atoms with Gasteiger partial charge in [0, 0.05) is 5.56 Å². The van der Waals surface area contributed by atoms with E-state index in [1.54, 1.807) is 0 Å². The Balaban J connectivity index is 1.35. The van der Waals surface area contributed by atoms with Gasteiger partial charge in [-0.1, -0.05) is 54.6 Å². The van der Waals surface area contributed by atoms with Crippen molar-refractivity contribution in [3.8, 4) is 22.6 Å². The number of fused-ring (bicyclic) bond motifs is 1. The van der Waals surface area contributed by atoms with Gasteiger partial charge >= 0.3 is 0 Å². The van der Waals surface area contributed by atoms with Crippen LogP contribution in [0.15, 0.2) is 78.9 Å². The molecule has 1 atom stereocenters. The van der Waals surface area contributed by atoms with Crippen molar-refractivity contribution >= 4 is 5.91 Å². The fraction of sp³-hybridized carbons (Fsp3) is 0.136. The molecule has 0 saturated heterocycles. The molecule has 1 N–H and O–H groups in total. The Kier molecular flexibility index (Phi) is 4.56. The van der Waals surface area contributed by atoms with E-state index < -0.39 is 0 Å². The molecule has 0 saturated carbocycles. The molecule has 0 unspecified atom stereocenters. The van der Waals surface area contributed by atoms with Gasteiger partial charge < -0.3 is 14.8 Å². The van der Waals surface area contributed by atoms with E-state index in [1.807, 2.05) is 78.9 Å². The highest BCUT2D eigenvalue weighted by Gasteiger charge is 2.21. The lowest BCUT2D eigenvalue weighted by Gasteiger charge is -2.26. The first-order valence-electron chi connectivity index (χ1n) is 8.62. The Labute approximate surface area is 152 Å². The summed E-state index contributed by atoms with van der Waals surface area (Å²) in [6.45, 7) is 0.817.